The molecule has 1 N–H and O–H groups in total. The van der Waals surface area contributed by atoms with Crippen LogP contribution in [0.1, 0.15) is 45.8 Å². The number of hydrogen-bond acceptors (Lipinski definition) is 5. The highest BCUT2D eigenvalue weighted by Gasteiger charge is 2.30. The van der Waals surface area contributed by atoms with Gasteiger partial charge in [0.1, 0.15) is 11.4 Å². The second-order valence-electron chi connectivity index (χ2n) is 6.42. The number of ether oxygens (including phenoxy) is 1. The van der Waals surface area contributed by atoms with E-state index in [2.05, 4.69) is 10.3 Å². The molecular formula is C15H25N3O3. The van der Waals surface area contributed by atoms with Gasteiger partial charge < -0.3 is 19.4 Å². The molecule has 0 radical (unpaired) electrons. The Bertz CT molecular complexity index is 440. The first kappa shape index (κ1) is 15.8. The van der Waals surface area contributed by atoms with E-state index >= 15 is 0 Å². The Hall–Kier alpha value is -1.56. The molecule has 0 spiro atoms. The number of likely N-dealkylation sites (tertiary alicyclic amines) is 1. The zero-order valence-electron chi connectivity index (χ0n) is 13.1. The summed E-state index contributed by atoms with van der Waals surface area (Å²) in [6, 6.07) is 0.177. The van der Waals surface area contributed by atoms with Crippen molar-refractivity contribution in [2.45, 2.75) is 58.2 Å². The fourth-order valence-corrected chi connectivity index (χ4v) is 2.47. The highest BCUT2D eigenvalue weighted by molar-refractivity contribution is 5.68. The van der Waals surface area contributed by atoms with E-state index in [1.54, 1.807) is 6.20 Å². The third kappa shape index (κ3) is 5.04. The van der Waals surface area contributed by atoms with Crippen molar-refractivity contribution in [2.24, 2.45) is 0 Å². The summed E-state index contributed by atoms with van der Waals surface area (Å²) in [5, 5.41) is 3.32. The maximum atomic E-state index is 12.3. The Morgan fingerprint density at radius 3 is 3.00 bits per heavy atom. The van der Waals surface area contributed by atoms with Crippen molar-refractivity contribution in [3.63, 3.8) is 0 Å². The minimum absolute atomic E-state index is 0.177. The van der Waals surface area contributed by atoms with Gasteiger partial charge in [-0.2, -0.15) is 0 Å². The second-order valence-corrected chi connectivity index (χ2v) is 6.42. The molecular weight excluding hydrogens is 270 g/mol. The van der Waals surface area contributed by atoms with E-state index in [0.29, 0.717) is 6.54 Å². The molecule has 1 saturated heterocycles. The first-order valence-electron chi connectivity index (χ1n) is 7.53. The predicted octanol–water partition coefficient (Wildman–Crippen LogP) is 2.55. The normalized spacial score (nSPS) is 19.6. The molecule has 6 nitrogen and oxygen atoms in total. The molecule has 0 aromatic carbocycles. The van der Waals surface area contributed by atoms with Crippen molar-refractivity contribution < 1.29 is 13.9 Å². The zero-order valence-corrected chi connectivity index (χ0v) is 13.1. The summed E-state index contributed by atoms with van der Waals surface area (Å²) in [6.07, 6.45) is 6.09. The molecule has 0 aliphatic carbocycles. The van der Waals surface area contributed by atoms with Crippen LogP contribution in [-0.4, -0.2) is 40.7 Å². The third-order valence-corrected chi connectivity index (χ3v) is 3.42. The van der Waals surface area contributed by atoms with Gasteiger partial charge in [0.15, 0.2) is 6.39 Å². The lowest BCUT2D eigenvalue weighted by atomic mass is 10.0. The summed E-state index contributed by atoms with van der Waals surface area (Å²) < 4.78 is 10.7. The molecule has 0 saturated carbocycles. The molecule has 1 aromatic rings. The second kappa shape index (κ2) is 6.93. The van der Waals surface area contributed by atoms with Gasteiger partial charge in [0, 0.05) is 19.1 Å². The molecule has 1 atom stereocenters. The van der Waals surface area contributed by atoms with Crippen LogP contribution in [0.2, 0.25) is 0 Å². The first-order chi connectivity index (χ1) is 9.96. The van der Waals surface area contributed by atoms with E-state index in [-0.39, 0.29) is 12.1 Å². The summed E-state index contributed by atoms with van der Waals surface area (Å²) in [7, 11) is 0. The van der Waals surface area contributed by atoms with Crippen molar-refractivity contribution in [3.8, 4) is 0 Å². The number of nitrogens with one attached hydrogen (secondary N) is 1. The van der Waals surface area contributed by atoms with Crippen LogP contribution in [0.4, 0.5) is 4.79 Å². The standard InChI is InChI=1S/C15H25N3O3/c1-15(2,3)21-14(19)18-7-5-4-6-12(18)8-16-9-13-10-17-11-20-13/h10-12,16H,4-9H2,1-3H3. The SMILES string of the molecule is CC(C)(C)OC(=O)N1CCCCC1CNCc1cnco1. The smallest absolute Gasteiger partial charge is 0.410 e. The number of oxazole rings is 1. The number of hydrogen-bond donors (Lipinski definition) is 1. The monoisotopic (exact) mass is 295 g/mol. The fourth-order valence-electron chi connectivity index (χ4n) is 2.47. The van der Waals surface area contributed by atoms with Gasteiger partial charge in [-0.25, -0.2) is 9.78 Å². The number of aromatic nitrogens is 1. The van der Waals surface area contributed by atoms with Crippen LogP contribution >= 0.6 is 0 Å². The van der Waals surface area contributed by atoms with Gasteiger partial charge in [0.25, 0.3) is 0 Å². The highest BCUT2D eigenvalue weighted by Crippen LogP contribution is 2.20. The average Bonchev–Trinajstić information content (AvgIpc) is 2.90. The minimum atomic E-state index is -0.452. The van der Waals surface area contributed by atoms with Gasteiger partial charge >= 0.3 is 6.09 Å². The lowest BCUT2D eigenvalue weighted by Crippen LogP contribution is -2.50. The number of carbonyl (C=O) groups excluding carboxylic acids is 1. The number of rotatable bonds is 4. The summed E-state index contributed by atoms with van der Waals surface area (Å²) in [5.74, 6) is 0.801. The van der Waals surface area contributed by atoms with Crippen LogP contribution in [0.5, 0.6) is 0 Å². The number of carbonyl (C=O) groups is 1. The van der Waals surface area contributed by atoms with Gasteiger partial charge in [-0.15, -0.1) is 0 Å². The summed E-state index contributed by atoms with van der Waals surface area (Å²) >= 11 is 0. The summed E-state index contributed by atoms with van der Waals surface area (Å²) in [6.45, 7) is 7.81. The largest absolute Gasteiger partial charge is 0.447 e. The van der Waals surface area contributed by atoms with E-state index in [9.17, 15) is 4.79 Å². The van der Waals surface area contributed by atoms with E-state index in [0.717, 1.165) is 38.1 Å². The maximum absolute atomic E-state index is 12.3. The van der Waals surface area contributed by atoms with Crippen LogP contribution in [-0.2, 0) is 11.3 Å². The minimum Gasteiger partial charge on any atom is -0.447 e. The number of nitrogens with zero attached hydrogens (tertiary/aromatic N) is 2. The summed E-state index contributed by atoms with van der Waals surface area (Å²) in [4.78, 5) is 18.0. The molecule has 1 aliphatic rings. The van der Waals surface area contributed by atoms with Gasteiger partial charge in [-0.3, -0.25) is 0 Å². The molecule has 1 aromatic heterocycles. The summed E-state index contributed by atoms with van der Waals surface area (Å²) in [5.41, 5.74) is -0.452. The lowest BCUT2D eigenvalue weighted by Gasteiger charge is -2.36. The van der Waals surface area contributed by atoms with Crippen molar-refractivity contribution in [2.75, 3.05) is 13.1 Å². The van der Waals surface area contributed by atoms with Crippen LogP contribution in [0, 0.1) is 0 Å². The molecule has 6 heteroatoms. The van der Waals surface area contributed by atoms with Gasteiger partial charge in [-0.1, -0.05) is 0 Å². The van der Waals surface area contributed by atoms with Gasteiger partial charge in [0.2, 0.25) is 0 Å². The predicted molar refractivity (Wildman–Crippen MR) is 78.8 cm³/mol. The fraction of sp³-hybridized carbons (Fsp3) is 0.733. The highest BCUT2D eigenvalue weighted by atomic mass is 16.6. The van der Waals surface area contributed by atoms with E-state index in [4.69, 9.17) is 9.15 Å². The van der Waals surface area contributed by atoms with E-state index in [1.807, 2.05) is 25.7 Å². The quantitative estimate of drug-likeness (QED) is 0.924. The maximum Gasteiger partial charge on any atom is 0.410 e. The molecule has 21 heavy (non-hydrogen) atoms. The molecule has 118 valence electrons. The van der Waals surface area contributed by atoms with Crippen LogP contribution < -0.4 is 5.32 Å². The molecule has 1 aliphatic heterocycles. The van der Waals surface area contributed by atoms with Gasteiger partial charge in [-0.05, 0) is 40.0 Å². The zero-order chi connectivity index (χ0) is 15.3. The van der Waals surface area contributed by atoms with Crippen molar-refractivity contribution in [1.82, 2.24) is 15.2 Å². The molecule has 1 unspecified atom stereocenters. The lowest BCUT2D eigenvalue weighted by molar-refractivity contribution is 0.00990. The van der Waals surface area contributed by atoms with E-state index in [1.165, 1.54) is 6.39 Å². The topological polar surface area (TPSA) is 67.6 Å². The van der Waals surface area contributed by atoms with Gasteiger partial charge in [0.05, 0.1) is 12.7 Å². The molecule has 0 bridgehead atoms. The van der Waals surface area contributed by atoms with E-state index < -0.39 is 5.60 Å². The third-order valence-electron chi connectivity index (χ3n) is 3.42. The Kier molecular flexibility index (Phi) is 5.22. The van der Waals surface area contributed by atoms with Crippen LogP contribution in [0.3, 0.4) is 0 Å². The molecule has 2 rings (SSSR count). The van der Waals surface area contributed by atoms with Crippen LogP contribution in [0.25, 0.3) is 0 Å². The number of amides is 1. The number of piperidine rings is 1. The Morgan fingerprint density at radius 2 is 2.33 bits per heavy atom. The first-order valence-corrected chi connectivity index (χ1v) is 7.53. The van der Waals surface area contributed by atoms with Crippen molar-refractivity contribution >= 4 is 6.09 Å². The average molecular weight is 295 g/mol. The Balaban J connectivity index is 1.84. The Labute approximate surface area is 125 Å². The molecule has 1 amide bonds. The van der Waals surface area contributed by atoms with Crippen molar-refractivity contribution in [3.05, 3.63) is 18.4 Å². The van der Waals surface area contributed by atoms with Crippen molar-refractivity contribution in [1.29, 1.82) is 0 Å². The van der Waals surface area contributed by atoms with Crippen LogP contribution in [0.15, 0.2) is 17.0 Å². The molecule has 1 fully saturated rings. The Morgan fingerprint density at radius 1 is 1.52 bits per heavy atom. The molecule has 2 heterocycles.